The SMILES string of the molecule is C=C/C=C(\c1cc(-c2n[nH]c3ccc(-c4ccncc4)cc23)[nH]c1C)N1CCN(C)CC1. The van der Waals surface area contributed by atoms with E-state index in [1.54, 1.807) is 0 Å². The van der Waals surface area contributed by atoms with Gasteiger partial charge >= 0.3 is 0 Å². The third-order valence-corrected chi connectivity index (χ3v) is 6.24. The average Bonchev–Trinajstić information content (AvgIpc) is 3.41. The van der Waals surface area contributed by atoms with Crippen LogP contribution in [0.4, 0.5) is 0 Å². The molecular weight excluding hydrogens is 396 g/mol. The van der Waals surface area contributed by atoms with E-state index in [0.717, 1.165) is 65.3 Å². The third kappa shape index (κ3) is 3.74. The molecule has 1 aromatic carbocycles. The molecule has 0 unspecified atom stereocenters. The van der Waals surface area contributed by atoms with E-state index < -0.39 is 0 Å². The van der Waals surface area contributed by atoms with Crippen LogP contribution in [0.25, 0.3) is 39.1 Å². The Kier molecular flexibility index (Phi) is 5.37. The summed E-state index contributed by atoms with van der Waals surface area (Å²) in [6, 6.07) is 12.7. The standard InChI is InChI=1S/C26H28N6/c1-4-5-25(32-14-12-31(3)13-15-32)21-17-24(28-18(21)2)26-22-16-20(6-7-23(22)29-30-26)19-8-10-27-11-9-19/h4-11,16-17,28H,1,12-15H2,2-3H3,(H,29,30)/b25-5+. The van der Waals surface area contributed by atoms with Crippen molar-refractivity contribution in [2.24, 2.45) is 0 Å². The molecular formula is C26H28N6. The second-order valence-electron chi connectivity index (χ2n) is 8.37. The predicted molar refractivity (Wildman–Crippen MR) is 131 cm³/mol. The first-order chi connectivity index (χ1) is 15.6. The van der Waals surface area contributed by atoms with E-state index in [-0.39, 0.29) is 0 Å². The fraction of sp³-hybridized carbons (Fsp3) is 0.231. The van der Waals surface area contributed by atoms with Crippen molar-refractivity contribution >= 4 is 16.6 Å². The Hall–Kier alpha value is -3.64. The van der Waals surface area contributed by atoms with Crippen molar-refractivity contribution in [2.45, 2.75) is 6.92 Å². The van der Waals surface area contributed by atoms with Gasteiger partial charge in [-0.2, -0.15) is 5.10 Å². The van der Waals surface area contributed by atoms with Crippen molar-refractivity contribution in [1.29, 1.82) is 0 Å². The zero-order chi connectivity index (χ0) is 22.1. The number of benzene rings is 1. The first kappa shape index (κ1) is 20.3. The number of likely N-dealkylation sites (N-methyl/N-ethyl adjacent to an activating group) is 1. The van der Waals surface area contributed by atoms with Gasteiger partial charge in [-0.1, -0.05) is 18.7 Å². The number of rotatable bonds is 5. The maximum Gasteiger partial charge on any atom is 0.116 e. The molecule has 0 amide bonds. The van der Waals surface area contributed by atoms with Crippen LogP contribution in [-0.2, 0) is 0 Å². The van der Waals surface area contributed by atoms with Crippen molar-refractivity contribution in [3.8, 4) is 22.5 Å². The molecule has 1 saturated heterocycles. The van der Waals surface area contributed by atoms with Crippen LogP contribution in [-0.4, -0.2) is 63.2 Å². The lowest BCUT2D eigenvalue weighted by atomic mass is 10.0. The fourth-order valence-electron chi connectivity index (χ4n) is 4.42. The largest absolute Gasteiger partial charge is 0.368 e. The first-order valence-electron chi connectivity index (χ1n) is 11.0. The molecule has 3 aromatic heterocycles. The van der Waals surface area contributed by atoms with Gasteiger partial charge in [0.05, 0.1) is 11.2 Å². The molecule has 1 aliphatic heterocycles. The van der Waals surface area contributed by atoms with E-state index in [4.69, 9.17) is 0 Å². The van der Waals surface area contributed by atoms with Gasteiger partial charge in [-0.05, 0) is 61.5 Å². The number of aromatic amines is 2. The molecule has 4 heterocycles. The molecule has 2 N–H and O–H groups in total. The highest BCUT2D eigenvalue weighted by atomic mass is 15.3. The summed E-state index contributed by atoms with van der Waals surface area (Å²) >= 11 is 0. The maximum atomic E-state index is 4.65. The minimum Gasteiger partial charge on any atom is -0.368 e. The molecule has 0 radical (unpaired) electrons. The summed E-state index contributed by atoms with van der Waals surface area (Å²) in [6.07, 6.45) is 7.64. The lowest BCUT2D eigenvalue weighted by molar-refractivity contribution is 0.207. The summed E-state index contributed by atoms with van der Waals surface area (Å²) in [7, 11) is 2.18. The molecule has 1 aliphatic rings. The maximum absolute atomic E-state index is 4.65. The number of fused-ring (bicyclic) bond motifs is 1. The van der Waals surface area contributed by atoms with Crippen molar-refractivity contribution in [2.75, 3.05) is 33.2 Å². The Morgan fingerprint density at radius 3 is 2.56 bits per heavy atom. The van der Waals surface area contributed by atoms with Crippen LogP contribution < -0.4 is 0 Å². The summed E-state index contributed by atoms with van der Waals surface area (Å²) in [6.45, 7) is 10.2. The Bertz CT molecular complexity index is 1270. The normalized spacial score (nSPS) is 15.4. The van der Waals surface area contributed by atoms with Crippen LogP contribution in [0.15, 0.2) is 67.5 Å². The number of hydrogen-bond acceptors (Lipinski definition) is 4. The molecule has 5 rings (SSSR count). The van der Waals surface area contributed by atoms with Crippen molar-refractivity contribution in [1.82, 2.24) is 30.0 Å². The van der Waals surface area contributed by atoms with Crippen molar-refractivity contribution in [3.63, 3.8) is 0 Å². The molecule has 6 nitrogen and oxygen atoms in total. The number of H-pyrrole nitrogens is 2. The van der Waals surface area contributed by atoms with Gasteiger partial charge in [0, 0.05) is 60.9 Å². The average molecular weight is 425 g/mol. The fourth-order valence-corrected chi connectivity index (χ4v) is 4.42. The zero-order valence-corrected chi connectivity index (χ0v) is 18.6. The van der Waals surface area contributed by atoms with E-state index in [2.05, 4.69) is 80.9 Å². The van der Waals surface area contributed by atoms with E-state index in [9.17, 15) is 0 Å². The molecule has 6 heteroatoms. The summed E-state index contributed by atoms with van der Waals surface area (Å²) in [5, 5.41) is 8.94. The third-order valence-electron chi connectivity index (χ3n) is 6.24. The monoisotopic (exact) mass is 424 g/mol. The van der Waals surface area contributed by atoms with E-state index in [1.807, 2.05) is 30.6 Å². The first-order valence-corrected chi connectivity index (χ1v) is 11.0. The second kappa shape index (κ2) is 8.48. The van der Waals surface area contributed by atoms with Gasteiger partial charge in [0.2, 0.25) is 0 Å². The zero-order valence-electron chi connectivity index (χ0n) is 18.6. The van der Waals surface area contributed by atoms with Gasteiger partial charge in [-0.3, -0.25) is 10.1 Å². The quantitative estimate of drug-likeness (QED) is 0.456. The van der Waals surface area contributed by atoms with Gasteiger partial charge in [0.1, 0.15) is 5.69 Å². The molecule has 32 heavy (non-hydrogen) atoms. The highest BCUT2D eigenvalue weighted by molar-refractivity contribution is 5.95. The summed E-state index contributed by atoms with van der Waals surface area (Å²) < 4.78 is 0. The minimum absolute atomic E-state index is 0.932. The summed E-state index contributed by atoms with van der Waals surface area (Å²) in [4.78, 5) is 12.5. The second-order valence-corrected chi connectivity index (χ2v) is 8.37. The Morgan fingerprint density at radius 2 is 1.81 bits per heavy atom. The molecule has 0 spiro atoms. The lowest BCUT2D eigenvalue weighted by Gasteiger charge is -2.35. The highest BCUT2D eigenvalue weighted by Crippen LogP contribution is 2.33. The molecule has 0 atom stereocenters. The smallest absolute Gasteiger partial charge is 0.116 e. The van der Waals surface area contributed by atoms with Crippen molar-refractivity contribution < 1.29 is 0 Å². The van der Waals surface area contributed by atoms with Crippen molar-refractivity contribution in [3.05, 3.63) is 78.8 Å². The summed E-state index contributed by atoms with van der Waals surface area (Å²) in [5.41, 5.74) is 8.80. The predicted octanol–water partition coefficient (Wildman–Crippen LogP) is 4.70. The topological polar surface area (TPSA) is 63.8 Å². The van der Waals surface area contributed by atoms with Crippen LogP contribution in [0.1, 0.15) is 11.3 Å². The highest BCUT2D eigenvalue weighted by Gasteiger charge is 2.21. The number of hydrogen-bond donors (Lipinski definition) is 2. The molecule has 162 valence electrons. The molecule has 0 bridgehead atoms. The number of pyridine rings is 1. The number of allylic oxidation sites excluding steroid dienone is 2. The summed E-state index contributed by atoms with van der Waals surface area (Å²) in [5.74, 6) is 0. The van der Waals surface area contributed by atoms with Crippen LogP contribution >= 0.6 is 0 Å². The number of piperazine rings is 1. The molecule has 4 aromatic rings. The molecule has 0 aliphatic carbocycles. The number of nitrogens with zero attached hydrogens (tertiary/aromatic N) is 4. The van der Waals surface area contributed by atoms with Gasteiger partial charge in [-0.15, -0.1) is 0 Å². The number of nitrogens with one attached hydrogen (secondary N) is 2. The Morgan fingerprint density at radius 1 is 1.03 bits per heavy atom. The van der Waals surface area contributed by atoms with Gasteiger partial charge in [0.15, 0.2) is 0 Å². The van der Waals surface area contributed by atoms with Gasteiger partial charge < -0.3 is 14.8 Å². The lowest BCUT2D eigenvalue weighted by Crippen LogP contribution is -2.43. The number of aryl methyl sites for hydroxylation is 1. The van der Waals surface area contributed by atoms with Crippen LogP contribution in [0.3, 0.4) is 0 Å². The van der Waals surface area contributed by atoms with E-state index in [0.29, 0.717) is 0 Å². The van der Waals surface area contributed by atoms with Crippen LogP contribution in [0.5, 0.6) is 0 Å². The van der Waals surface area contributed by atoms with Crippen LogP contribution in [0, 0.1) is 6.92 Å². The van der Waals surface area contributed by atoms with Gasteiger partial charge in [0.25, 0.3) is 0 Å². The van der Waals surface area contributed by atoms with Crippen LogP contribution in [0.2, 0.25) is 0 Å². The molecule has 0 saturated carbocycles. The Labute approximate surface area is 188 Å². The minimum atomic E-state index is 0.932. The van der Waals surface area contributed by atoms with E-state index >= 15 is 0 Å². The molecule has 1 fully saturated rings. The number of aromatic nitrogens is 4. The van der Waals surface area contributed by atoms with E-state index in [1.165, 1.54) is 11.3 Å². The Balaban J connectivity index is 1.54. The van der Waals surface area contributed by atoms with Gasteiger partial charge in [-0.25, -0.2) is 0 Å².